The number of aromatic nitrogens is 2. The highest BCUT2D eigenvalue weighted by Crippen LogP contribution is 2.18. The Hall–Kier alpha value is -3.00. The van der Waals surface area contributed by atoms with E-state index in [9.17, 15) is 9.59 Å². The Morgan fingerprint density at radius 1 is 1.14 bits per heavy atom. The first-order valence-electron chi connectivity index (χ1n) is 9.17. The van der Waals surface area contributed by atoms with Crippen LogP contribution in [0.25, 0.3) is 0 Å². The zero-order chi connectivity index (χ0) is 19.8. The van der Waals surface area contributed by atoms with Crippen molar-refractivity contribution in [2.45, 2.75) is 38.6 Å². The summed E-state index contributed by atoms with van der Waals surface area (Å²) in [6.07, 6.45) is 4.70. The largest absolute Gasteiger partial charge is 0.459 e. The maximum atomic E-state index is 12.8. The molecule has 3 aromatic rings. The fourth-order valence-electron chi connectivity index (χ4n) is 2.62. The van der Waals surface area contributed by atoms with Gasteiger partial charge in [0.25, 0.3) is 5.91 Å². The van der Waals surface area contributed by atoms with E-state index >= 15 is 0 Å². The molecule has 7 nitrogen and oxygen atoms in total. The van der Waals surface area contributed by atoms with Crippen molar-refractivity contribution >= 4 is 28.3 Å². The lowest BCUT2D eigenvalue weighted by Gasteiger charge is -2.17. The number of carbonyl (C=O) groups excluding carboxylic acids is 2. The third-order valence-electron chi connectivity index (χ3n) is 4.09. The number of furan rings is 1. The molecule has 8 heteroatoms. The van der Waals surface area contributed by atoms with E-state index in [-0.39, 0.29) is 11.7 Å². The molecule has 1 unspecified atom stereocenters. The van der Waals surface area contributed by atoms with Crippen molar-refractivity contribution in [3.63, 3.8) is 0 Å². The van der Waals surface area contributed by atoms with Crippen LogP contribution in [0.2, 0.25) is 0 Å². The average molecular weight is 398 g/mol. The van der Waals surface area contributed by atoms with Crippen molar-refractivity contribution in [1.29, 1.82) is 0 Å². The van der Waals surface area contributed by atoms with Crippen LogP contribution in [0.1, 0.15) is 40.9 Å². The molecular formula is C20H22N4O3S. The van der Waals surface area contributed by atoms with E-state index in [4.69, 9.17) is 4.42 Å². The van der Waals surface area contributed by atoms with Crippen LogP contribution in [-0.4, -0.2) is 28.1 Å². The molecule has 2 heterocycles. The molecule has 146 valence electrons. The van der Waals surface area contributed by atoms with E-state index in [2.05, 4.69) is 27.8 Å². The summed E-state index contributed by atoms with van der Waals surface area (Å²) in [5.41, 5.74) is 0.934. The fourth-order valence-corrected chi connectivity index (χ4v) is 3.41. The molecule has 0 fully saturated rings. The molecule has 0 aliphatic carbocycles. The maximum Gasteiger partial charge on any atom is 0.287 e. The molecule has 0 radical (unpaired) electrons. The summed E-state index contributed by atoms with van der Waals surface area (Å²) in [4.78, 5) is 25.2. The van der Waals surface area contributed by atoms with E-state index in [1.165, 1.54) is 17.6 Å². The summed E-state index contributed by atoms with van der Waals surface area (Å²) in [6, 6.07) is 11.9. The lowest BCUT2D eigenvalue weighted by atomic mass is 10.1. The molecule has 0 saturated carbocycles. The summed E-state index contributed by atoms with van der Waals surface area (Å²) in [6.45, 7) is 2.11. The van der Waals surface area contributed by atoms with Crippen LogP contribution in [0.3, 0.4) is 0 Å². The first kappa shape index (κ1) is 19.8. The molecule has 3 rings (SSSR count). The second kappa shape index (κ2) is 9.80. The predicted molar refractivity (Wildman–Crippen MR) is 107 cm³/mol. The molecular weight excluding hydrogens is 376 g/mol. The Morgan fingerprint density at radius 2 is 1.96 bits per heavy atom. The van der Waals surface area contributed by atoms with Gasteiger partial charge < -0.3 is 9.73 Å². The Morgan fingerprint density at radius 3 is 2.68 bits per heavy atom. The van der Waals surface area contributed by atoms with Gasteiger partial charge in [0.1, 0.15) is 11.0 Å². The van der Waals surface area contributed by atoms with Crippen LogP contribution in [0.5, 0.6) is 0 Å². The number of nitrogens with one attached hydrogen (secondary N) is 2. The number of nitrogens with zero attached hydrogens (tertiary/aromatic N) is 2. The summed E-state index contributed by atoms with van der Waals surface area (Å²) in [7, 11) is 0. The van der Waals surface area contributed by atoms with Gasteiger partial charge in [-0.25, -0.2) is 0 Å². The van der Waals surface area contributed by atoms with E-state index in [1.54, 1.807) is 12.1 Å². The van der Waals surface area contributed by atoms with Crippen molar-refractivity contribution in [2.75, 3.05) is 5.32 Å². The number of amides is 2. The first-order valence-corrected chi connectivity index (χ1v) is 9.99. The van der Waals surface area contributed by atoms with Gasteiger partial charge in [0, 0.05) is 12.8 Å². The Kier molecular flexibility index (Phi) is 6.91. The molecule has 2 aromatic heterocycles. The quantitative estimate of drug-likeness (QED) is 0.575. The van der Waals surface area contributed by atoms with Gasteiger partial charge in [0.05, 0.1) is 6.26 Å². The van der Waals surface area contributed by atoms with Gasteiger partial charge in [0.15, 0.2) is 5.76 Å². The van der Waals surface area contributed by atoms with Crippen molar-refractivity contribution in [3.8, 4) is 0 Å². The summed E-state index contributed by atoms with van der Waals surface area (Å²) >= 11 is 1.36. The van der Waals surface area contributed by atoms with Crippen LogP contribution in [0, 0.1) is 0 Å². The molecule has 1 aromatic carbocycles. The lowest BCUT2D eigenvalue weighted by Crippen LogP contribution is -2.45. The van der Waals surface area contributed by atoms with Crippen LogP contribution in [-0.2, 0) is 17.6 Å². The van der Waals surface area contributed by atoms with Gasteiger partial charge in [-0.2, -0.15) is 0 Å². The number of rotatable bonds is 9. The number of aryl methyl sites for hydroxylation is 1. The number of hydrogen-bond donors (Lipinski definition) is 2. The Labute approximate surface area is 167 Å². The predicted octanol–water partition coefficient (Wildman–Crippen LogP) is 3.45. The zero-order valence-electron chi connectivity index (χ0n) is 15.6. The normalized spacial score (nSPS) is 11.8. The molecule has 2 amide bonds. The van der Waals surface area contributed by atoms with Crippen LogP contribution in [0.4, 0.5) is 5.13 Å². The fraction of sp³-hybridized carbons (Fsp3) is 0.300. The van der Waals surface area contributed by atoms with Crippen molar-refractivity contribution < 1.29 is 14.0 Å². The van der Waals surface area contributed by atoms with Crippen molar-refractivity contribution in [3.05, 3.63) is 65.1 Å². The number of anilines is 1. The highest BCUT2D eigenvalue weighted by Gasteiger charge is 2.24. The second-order valence-electron chi connectivity index (χ2n) is 6.29. The van der Waals surface area contributed by atoms with Gasteiger partial charge >= 0.3 is 0 Å². The molecule has 0 bridgehead atoms. The molecule has 0 aliphatic heterocycles. The highest BCUT2D eigenvalue weighted by atomic mass is 32.1. The minimum Gasteiger partial charge on any atom is -0.459 e. The van der Waals surface area contributed by atoms with E-state index in [0.717, 1.165) is 29.8 Å². The molecule has 28 heavy (non-hydrogen) atoms. The van der Waals surface area contributed by atoms with Gasteiger partial charge in [-0.3, -0.25) is 14.9 Å². The van der Waals surface area contributed by atoms with Gasteiger partial charge in [-0.05, 0) is 24.1 Å². The minimum absolute atomic E-state index is 0.156. The number of benzene rings is 1. The number of hydrogen-bond acceptors (Lipinski definition) is 6. The Balaban J connectivity index is 1.70. The molecule has 0 aliphatic rings. The highest BCUT2D eigenvalue weighted by molar-refractivity contribution is 7.15. The van der Waals surface area contributed by atoms with Gasteiger partial charge in [-0.1, -0.05) is 55.0 Å². The molecule has 0 saturated heterocycles. The number of carbonyl (C=O) groups is 2. The maximum absolute atomic E-state index is 12.8. The molecule has 0 spiro atoms. The third-order valence-corrected chi connectivity index (χ3v) is 4.99. The van der Waals surface area contributed by atoms with Crippen LogP contribution in [0.15, 0.2) is 53.1 Å². The van der Waals surface area contributed by atoms with Crippen LogP contribution < -0.4 is 10.6 Å². The number of unbranched alkanes of at least 4 members (excludes halogenated alkanes) is 1. The topological polar surface area (TPSA) is 97.1 Å². The lowest BCUT2D eigenvalue weighted by molar-refractivity contribution is -0.118. The zero-order valence-corrected chi connectivity index (χ0v) is 16.4. The molecule has 1 atom stereocenters. The average Bonchev–Trinajstić information content (AvgIpc) is 3.39. The summed E-state index contributed by atoms with van der Waals surface area (Å²) in [5.74, 6) is -0.632. The Bertz CT molecular complexity index is 893. The van der Waals surface area contributed by atoms with E-state index in [1.807, 2.05) is 30.3 Å². The SMILES string of the molecule is CCCCc1nnc(NC(=O)C(Cc2ccccc2)NC(=O)c2ccco2)s1. The van der Waals surface area contributed by atoms with Crippen LogP contribution >= 0.6 is 11.3 Å². The summed E-state index contributed by atoms with van der Waals surface area (Å²) in [5, 5.41) is 15.0. The van der Waals surface area contributed by atoms with E-state index < -0.39 is 11.9 Å². The van der Waals surface area contributed by atoms with E-state index in [0.29, 0.717) is 11.6 Å². The summed E-state index contributed by atoms with van der Waals surface area (Å²) < 4.78 is 5.12. The van der Waals surface area contributed by atoms with Crippen molar-refractivity contribution in [2.24, 2.45) is 0 Å². The third kappa shape index (κ3) is 5.50. The van der Waals surface area contributed by atoms with Gasteiger partial charge in [-0.15, -0.1) is 10.2 Å². The van der Waals surface area contributed by atoms with Crippen molar-refractivity contribution in [1.82, 2.24) is 15.5 Å². The monoisotopic (exact) mass is 398 g/mol. The molecule has 2 N–H and O–H groups in total. The first-order chi connectivity index (χ1) is 13.7. The second-order valence-corrected chi connectivity index (χ2v) is 7.35. The standard InChI is InChI=1S/C20H22N4O3S/c1-2-3-11-17-23-24-20(28-17)22-18(25)15(13-14-8-5-4-6-9-14)21-19(26)16-10-7-12-27-16/h4-10,12,15H,2-3,11,13H2,1H3,(H,21,26)(H,22,24,25). The van der Waals surface area contributed by atoms with Gasteiger partial charge in [0.2, 0.25) is 11.0 Å². The minimum atomic E-state index is -0.775. The smallest absolute Gasteiger partial charge is 0.287 e.